The van der Waals surface area contributed by atoms with Crippen LogP contribution in [0.15, 0.2) is 24.3 Å². The first-order valence-corrected chi connectivity index (χ1v) is 5.86. The van der Waals surface area contributed by atoms with Crippen molar-refractivity contribution in [1.29, 1.82) is 0 Å². The minimum Gasteiger partial charge on any atom is -0.207 e. The van der Waals surface area contributed by atoms with Crippen LogP contribution in [-0.4, -0.2) is 0 Å². The van der Waals surface area contributed by atoms with Gasteiger partial charge in [-0.25, -0.2) is 13.2 Å². The van der Waals surface area contributed by atoms with E-state index >= 15 is 0 Å². The largest absolute Gasteiger partial charge is 0.207 e. The number of hydrogen-bond acceptors (Lipinski definition) is 0. The predicted octanol–water partition coefficient (Wildman–Crippen LogP) is 4.49. The molecule has 3 heteroatoms. The van der Waals surface area contributed by atoms with E-state index in [9.17, 15) is 13.2 Å². The van der Waals surface area contributed by atoms with Crippen molar-refractivity contribution < 1.29 is 13.2 Å². The fourth-order valence-electron chi connectivity index (χ4n) is 2.44. The average Bonchev–Trinajstić information content (AvgIpc) is 2.50. The zero-order chi connectivity index (χ0) is 12.5. The van der Waals surface area contributed by atoms with Crippen molar-refractivity contribution in [2.24, 2.45) is 0 Å². The van der Waals surface area contributed by atoms with Crippen LogP contribution in [-0.2, 0) is 5.41 Å². The summed E-state index contributed by atoms with van der Waals surface area (Å²) in [6.45, 7) is 1.76. The lowest BCUT2D eigenvalue weighted by Gasteiger charge is -2.26. The molecule has 1 atom stereocenters. The molecular weight excluding hydrogens is 225 g/mol. The van der Waals surface area contributed by atoms with E-state index in [2.05, 4.69) is 0 Å². The molecule has 0 N–H and O–H groups in total. The van der Waals surface area contributed by atoms with Gasteiger partial charge in [-0.1, -0.05) is 25.5 Å². The third-order valence-electron chi connectivity index (χ3n) is 3.42. The highest BCUT2D eigenvalue weighted by Crippen LogP contribution is 2.37. The number of halogens is 3. The summed E-state index contributed by atoms with van der Waals surface area (Å²) in [7, 11) is 0. The Hall–Kier alpha value is -1.25. The Labute approximate surface area is 99.2 Å². The van der Waals surface area contributed by atoms with E-state index < -0.39 is 22.9 Å². The molecule has 0 aromatic heterocycles. The number of rotatable bonds is 1. The molecule has 0 amide bonds. The fraction of sp³-hybridized carbons (Fsp3) is 0.429. The third-order valence-corrected chi connectivity index (χ3v) is 3.42. The second-order valence-electron chi connectivity index (χ2n) is 4.78. The Morgan fingerprint density at radius 3 is 2.53 bits per heavy atom. The van der Waals surface area contributed by atoms with Crippen molar-refractivity contribution in [1.82, 2.24) is 0 Å². The van der Waals surface area contributed by atoms with E-state index in [4.69, 9.17) is 0 Å². The Morgan fingerprint density at radius 1 is 1.06 bits per heavy atom. The van der Waals surface area contributed by atoms with Gasteiger partial charge in [0.15, 0.2) is 11.6 Å². The van der Waals surface area contributed by atoms with E-state index in [1.54, 1.807) is 13.0 Å². The summed E-state index contributed by atoms with van der Waals surface area (Å²) in [6.07, 6.45) is 7.18. The molecule has 1 aromatic rings. The molecule has 2 rings (SSSR count). The second kappa shape index (κ2) is 4.55. The van der Waals surface area contributed by atoms with Gasteiger partial charge in [0.05, 0.1) is 0 Å². The maximum absolute atomic E-state index is 13.8. The van der Waals surface area contributed by atoms with Crippen molar-refractivity contribution in [3.63, 3.8) is 0 Å². The Kier molecular flexibility index (Phi) is 3.27. The molecule has 92 valence electrons. The van der Waals surface area contributed by atoms with Crippen LogP contribution in [0.4, 0.5) is 13.2 Å². The van der Waals surface area contributed by atoms with E-state index in [-0.39, 0.29) is 5.56 Å². The lowest BCUT2D eigenvalue weighted by molar-refractivity contribution is 0.422. The SMILES string of the molecule is C[C@]1(c2c(F)ccc(F)c2F)C=CCCCC1. The highest BCUT2D eigenvalue weighted by Gasteiger charge is 2.32. The quantitative estimate of drug-likeness (QED) is 0.501. The van der Waals surface area contributed by atoms with Crippen molar-refractivity contribution in [3.05, 3.63) is 47.3 Å². The van der Waals surface area contributed by atoms with Crippen LogP contribution in [0.5, 0.6) is 0 Å². The molecule has 0 radical (unpaired) electrons. The molecule has 0 saturated carbocycles. The molecular formula is C14H15F3. The van der Waals surface area contributed by atoms with Gasteiger partial charge in [0.1, 0.15) is 5.82 Å². The number of allylic oxidation sites excluding steroid dienone is 2. The van der Waals surface area contributed by atoms with Crippen LogP contribution in [0.2, 0.25) is 0 Å². The standard InChI is InChI=1S/C14H15F3/c1-14(8-4-2-3-5-9-14)12-10(15)6-7-11(16)13(12)17/h4,6-8H,2-3,5,9H2,1H3/t14-/m0/s1. The monoisotopic (exact) mass is 240 g/mol. The summed E-state index contributed by atoms with van der Waals surface area (Å²) < 4.78 is 40.7. The molecule has 0 heterocycles. The van der Waals surface area contributed by atoms with Gasteiger partial charge in [0.25, 0.3) is 0 Å². The number of hydrogen-bond donors (Lipinski definition) is 0. The van der Waals surface area contributed by atoms with Gasteiger partial charge in [0.2, 0.25) is 0 Å². The fourth-order valence-corrected chi connectivity index (χ4v) is 2.44. The summed E-state index contributed by atoms with van der Waals surface area (Å²) in [5.74, 6) is -2.71. The minimum absolute atomic E-state index is 0.143. The molecule has 17 heavy (non-hydrogen) atoms. The van der Waals surface area contributed by atoms with E-state index in [0.29, 0.717) is 6.42 Å². The summed E-state index contributed by atoms with van der Waals surface area (Å²) in [6, 6.07) is 1.83. The molecule has 0 nitrogen and oxygen atoms in total. The normalized spacial score (nSPS) is 24.7. The van der Waals surface area contributed by atoms with Crippen LogP contribution in [0.25, 0.3) is 0 Å². The maximum Gasteiger partial charge on any atom is 0.165 e. The van der Waals surface area contributed by atoms with Gasteiger partial charge >= 0.3 is 0 Å². The molecule has 1 aliphatic rings. The van der Waals surface area contributed by atoms with Gasteiger partial charge in [0, 0.05) is 11.0 Å². The highest BCUT2D eigenvalue weighted by atomic mass is 19.2. The van der Waals surface area contributed by atoms with Gasteiger partial charge in [-0.3, -0.25) is 0 Å². The van der Waals surface area contributed by atoms with E-state index in [1.165, 1.54) is 0 Å². The molecule has 0 unspecified atom stereocenters. The van der Waals surface area contributed by atoms with Crippen LogP contribution >= 0.6 is 0 Å². The average molecular weight is 240 g/mol. The van der Waals surface area contributed by atoms with Gasteiger partial charge in [-0.15, -0.1) is 0 Å². The van der Waals surface area contributed by atoms with Gasteiger partial charge < -0.3 is 0 Å². The van der Waals surface area contributed by atoms with Crippen LogP contribution in [0.3, 0.4) is 0 Å². The van der Waals surface area contributed by atoms with Crippen molar-refractivity contribution in [2.45, 2.75) is 38.0 Å². The Bertz CT molecular complexity index is 451. The zero-order valence-corrected chi connectivity index (χ0v) is 9.77. The smallest absolute Gasteiger partial charge is 0.165 e. The predicted molar refractivity (Wildman–Crippen MR) is 61.3 cm³/mol. The lowest BCUT2D eigenvalue weighted by atomic mass is 9.78. The van der Waals surface area contributed by atoms with Crippen LogP contribution in [0.1, 0.15) is 38.2 Å². The van der Waals surface area contributed by atoms with Crippen molar-refractivity contribution in [3.8, 4) is 0 Å². The topological polar surface area (TPSA) is 0 Å². The van der Waals surface area contributed by atoms with E-state index in [0.717, 1.165) is 31.4 Å². The zero-order valence-electron chi connectivity index (χ0n) is 9.77. The van der Waals surface area contributed by atoms with Gasteiger partial charge in [-0.05, 0) is 31.4 Å². The first-order valence-electron chi connectivity index (χ1n) is 5.86. The maximum atomic E-state index is 13.8. The highest BCUT2D eigenvalue weighted by molar-refractivity contribution is 5.33. The Morgan fingerprint density at radius 2 is 1.76 bits per heavy atom. The number of benzene rings is 1. The molecule has 0 aliphatic heterocycles. The minimum atomic E-state index is -1.06. The van der Waals surface area contributed by atoms with Crippen molar-refractivity contribution >= 4 is 0 Å². The Balaban J connectivity index is 2.55. The summed E-state index contributed by atoms with van der Waals surface area (Å²) >= 11 is 0. The third kappa shape index (κ3) is 2.24. The van der Waals surface area contributed by atoms with Crippen LogP contribution < -0.4 is 0 Å². The van der Waals surface area contributed by atoms with Gasteiger partial charge in [-0.2, -0.15) is 0 Å². The molecule has 0 spiro atoms. The summed E-state index contributed by atoms with van der Waals surface area (Å²) in [5.41, 5.74) is -0.886. The first kappa shape index (κ1) is 12.2. The van der Waals surface area contributed by atoms with E-state index in [1.807, 2.05) is 6.08 Å². The molecule has 0 saturated heterocycles. The van der Waals surface area contributed by atoms with Crippen molar-refractivity contribution in [2.75, 3.05) is 0 Å². The molecule has 1 aliphatic carbocycles. The summed E-state index contributed by atoms with van der Waals surface area (Å²) in [5, 5.41) is 0. The molecule has 1 aromatic carbocycles. The molecule has 0 fully saturated rings. The first-order chi connectivity index (χ1) is 8.04. The summed E-state index contributed by atoms with van der Waals surface area (Å²) in [4.78, 5) is 0. The second-order valence-corrected chi connectivity index (χ2v) is 4.78. The lowest BCUT2D eigenvalue weighted by Crippen LogP contribution is -2.22. The van der Waals surface area contributed by atoms with Crippen LogP contribution in [0, 0.1) is 17.5 Å². The molecule has 0 bridgehead atoms.